The number of anilines is 1. The van der Waals surface area contributed by atoms with Gasteiger partial charge in [-0.2, -0.15) is 0 Å². The van der Waals surface area contributed by atoms with Crippen LogP contribution in [0.15, 0.2) is 18.3 Å². The summed E-state index contributed by atoms with van der Waals surface area (Å²) >= 11 is 0. The molecule has 2 heterocycles. The van der Waals surface area contributed by atoms with Gasteiger partial charge in [-0.25, -0.2) is 4.98 Å². The van der Waals surface area contributed by atoms with Gasteiger partial charge in [-0.3, -0.25) is 4.79 Å². The molecular weight excluding hydrogens is 202 g/mol. The Morgan fingerprint density at radius 3 is 2.62 bits per heavy atom. The lowest BCUT2D eigenvalue weighted by Crippen LogP contribution is -2.36. The summed E-state index contributed by atoms with van der Waals surface area (Å²) in [4.78, 5) is 18.1. The van der Waals surface area contributed by atoms with Gasteiger partial charge in [0.05, 0.1) is 11.9 Å². The predicted octanol–water partition coefficient (Wildman–Crippen LogP) is 1.75. The minimum atomic E-state index is 0.0577. The minimum Gasteiger partial charge on any atom is -0.387 e. The second-order valence-electron chi connectivity index (χ2n) is 4.03. The van der Waals surface area contributed by atoms with E-state index in [-0.39, 0.29) is 5.91 Å². The van der Waals surface area contributed by atoms with Crippen molar-refractivity contribution in [3.8, 4) is 0 Å². The molecule has 1 N–H and O–H groups in total. The van der Waals surface area contributed by atoms with Crippen molar-refractivity contribution in [3.05, 3.63) is 24.0 Å². The predicted molar refractivity (Wildman–Crippen MR) is 63.5 cm³/mol. The van der Waals surface area contributed by atoms with Crippen LogP contribution in [0.2, 0.25) is 0 Å². The van der Waals surface area contributed by atoms with Crippen molar-refractivity contribution >= 4 is 11.6 Å². The van der Waals surface area contributed by atoms with E-state index >= 15 is 0 Å². The monoisotopic (exact) mass is 219 g/mol. The van der Waals surface area contributed by atoms with E-state index in [0.717, 1.165) is 31.6 Å². The van der Waals surface area contributed by atoms with E-state index < -0.39 is 0 Å². The zero-order valence-corrected chi connectivity index (χ0v) is 9.57. The summed E-state index contributed by atoms with van der Waals surface area (Å²) in [5.41, 5.74) is 1.47. The van der Waals surface area contributed by atoms with Gasteiger partial charge >= 0.3 is 0 Å². The van der Waals surface area contributed by atoms with Gasteiger partial charge in [-0.15, -0.1) is 0 Å². The molecule has 0 aliphatic carbocycles. The number of amides is 1. The molecule has 1 saturated heterocycles. The van der Waals surface area contributed by atoms with E-state index in [4.69, 9.17) is 0 Å². The fourth-order valence-corrected chi connectivity index (χ4v) is 1.93. The number of pyridine rings is 1. The van der Waals surface area contributed by atoms with Gasteiger partial charge in [0, 0.05) is 20.1 Å². The number of nitrogens with one attached hydrogen (secondary N) is 1. The smallest absolute Gasteiger partial charge is 0.272 e. The molecule has 0 spiro atoms. The van der Waals surface area contributed by atoms with Crippen molar-refractivity contribution < 1.29 is 4.79 Å². The Morgan fingerprint density at radius 1 is 1.31 bits per heavy atom. The first-order valence-electron chi connectivity index (χ1n) is 5.74. The van der Waals surface area contributed by atoms with Crippen molar-refractivity contribution in [2.24, 2.45) is 0 Å². The number of nitrogens with zero attached hydrogens (tertiary/aromatic N) is 2. The maximum absolute atomic E-state index is 12.0. The number of rotatable bonds is 2. The number of piperidine rings is 1. The molecule has 86 valence electrons. The SMILES string of the molecule is CNc1ccc(C(=O)N2CCCCC2)nc1. The van der Waals surface area contributed by atoms with Crippen LogP contribution >= 0.6 is 0 Å². The minimum absolute atomic E-state index is 0.0577. The molecular formula is C12H17N3O. The molecule has 0 atom stereocenters. The fourth-order valence-electron chi connectivity index (χ4n) is 1.93. The molecule has 2 rings (SSSR count). The van der Waals surface area contributed by atoms with Gasteiger partial charge in [0.2, 0.25) is 0 Å². The Balaban J connectivity index is 2.07. The molecule has 0 bridgehead atoms. The number of carbonyl (C=O) groups is 1. The summed E-state index contributed by atoms with van der Waals surface area (Å²) in [6.07, 6.45) is 5.15. The third-order valence-electron chi connectivity index (χ3n) is 2.91. The molecule has 1 aromatic rings. The Bertz CT molecular complexity index is 355. The Morgan fingerprint density at radius 2 is 2.06 bits per heavy atom. The highest BCUT2D eigenvalue weighted by atomic mass is 16.2. The molecule has 1 aliphatic rings. The van der Waals surface area contributed by atoms with Crippen molar-refractivity contribution in [2.75, 3.05) is 25.5 Å². The molecule has 1 amide bonds. The average Bonchev–Trinajstić information content (AvgIpc) is 2.39. The Kier molecular flexibility index (Phi) is 3.39. The Hall–Kier alpha value is -1.58. The number of likely N-dealkylation sites (tertiary alicyclic amines) is 1. The van der Waals surface area contributed by atoms with Gasteiger partial charge < -0.3 is 10.2 Å². The van der Waals surface area contributed by atoms with Crippen LogP contribution in [-0.4, -0.2) is 35.9 Å². The highest BCUT2D eigenvalue weighted by Gasteiger charge is 2.18. The first-order chi connectivity index (χ1) is 7.81. The van der Waals surface area contributed by atoms with E-state index in [9.17, 15) is 4.79 Å². The normalized spacial score (nSPS) is 15.9. The third kappa shape index (κ3) is 2.32. The van der Waals surface area contributed by atoms with Crippen LogP contribution in [0, 0.1) is 0 Å². The topological polar surface area (TPSA) is 45.2 Å². The van der Waals surface area contributed by atoms with E-state index in [0.29, 0.717) is 5.69 Å². The van der Waals surface area contributed by atoms with E-state index in [2.05, 4.69) is 10.3 Å². The molecule has 1 aromatic heterocycles. The molecule has 0 saturated carbocycles. The summed E-state index contributed by atoms with van der Waals surface area (Å²) in [7, 11) is 1.84. The van der Waals surface area contributed by atoms with Crippen LogP contribution in [0.5, 0.6) is 0 Å². The van der Waals surface area contributed by atoms with Gasteiger partial charge in [-0.05, 0) is 31.4 Å². The van der Waals surface area contributed by atoms with Crippen LogP contribution in [-0.2, 0) is 0 Å². The van der Waals surface area contributed by atoms with Crippen molar-refractivity contribution in [1.29, 1.82) is 0 Å². The summed E-state index contributed by atoms with van der Waals surface area (Å²) in [6, 6.07) is 3.66. The molecule has 1 aliphatic heterocycles. The summed E-state index contributed by atoms with van der Waals surface area (Å²) in [5, 5.41) is 2.99. The van der Waals surface area contributed by atoms with E-state index in [1.54, 1.807) is 12.3 Å². The summed E-state index contributed by atoms with van der Waals surface area (Å²) in [5.74, 6) is 0.0577. The second kappa shape index (κ2) is 4.96. The number of carbonyl (C=O) groups excluding carboxylic acids is 1. The summed E-state index contributed by atoms with van der Waals surface area (Å²) in [6.45, 7) is 1.74. The third-order valence-corrected chi connectivity index (χ3v) is 2.91. The lowest BCUT2D eigenvalue weighted by atomic mass is 10.1. The largest absolute Gasteiger partial charge is 0.387 e. The quantitative estimate of drug-likeness (QED) is 0.824. The van der Waals surface area contributed by atoms with Crippen LogP contribution in [0.3, 0.4) is 0 Å². The van der Waals surface area contributed by atoms with Crippen molar-refractivity contribution in [3.63, 3.8) is 0 Å². The van der Waals surface area contributed by atoms with Gasteiger partial charge in [0.15, 0.2) is 0 Å². The van der Waals surface area contributed by atoms with Crippen LogP contribution in [0.4, 0.5) is 5.69 Å². The molecule has 0 unspecified atom stereocenters. The lowest BCUT2D eigenvalue weighted by molar-refractivity contribution is 0.0718. The van der Waals surface area contributed by atoms with Gasteiger partial charge in [0.1, 0.15) is 5.69 Å². The molecule has 1 fully saturated rings. The maximum atomic E-state index is 12.0. The standard InChI is InChI=1S/C12H17N3O/c1-13-10-5-6-11(14-9-10)12(16)15-7-3-2-4-8-15/h5-6,9,13H,2-4,7-8H2,1H3. The van der Waals surface area contributed by atoms with E-state index in [1.165, 1.54) is 6.42 Å². The van der Waals surface area contributed by atoms with Gasteiger partial charge in [-0.1, -0.05) is 0 Å². The first kappa shape index (κ1) is 10.9. The zero-order valence-electron chi connectivity index (χ0n) is 9.57. The number of aromatic nitrogens is 1. The maximum Gasteiger partial charge on any atom is 0.272 e. The molecule has 0 aromatic carbocycles. The highest BCUT2D eigenvalue weighted by molar-refractivity contribution is 5.92. The molecule has 4 heteroatoms. The number of hydrogen-bond donors (Lipinski definition) is 1. The van der Waals surface area contributed by atoms with Crippen LogP contribution < -0.4 is 5.32 Å². The number of hydrogen-bond acceptors (Lipinski definition) is 3. The zero-order chi connectivity index (χ0) is 11.4. The lowest BCUT2D eigenvalue weighted by Gasteiger charge is -2.26. The molecule has 4 nitrogen and oxygen atoms in total. The van der Waals surface area contributed by atoms with Gasteiger partial charge in [0.25, 0.3) is 5.91 Å². The highest BCUT2D eigenvalue weighted by Crippen LogP contribution is 2.13. The van der Waals surface area contributed by atoms with Crippen molar-refractivity contribution in [2.45, 2.75) is 19.3 Å². The first-order valence-corrected chi connectivity index (χ1v) is 5.74. The fraction of sp³-hybridized carbons (Fsp3) is 0.500. The summed E-state index contributed by atoms with van der Waals surface area (Å²) < 4.78 is 0. The van der Waals surface area contributed by atoms with E-state index in [1.807, 2.05) is 18.0 Å². The average molecular weight is 219 g/mol. The van der Waals surface area contributed by atoms with Crippen LogP contribution in [0.1, 0.15) is 29.8 Å². The molecule has 16 heavy (non-hydrogen) atoms. The second-order valence-corrected chi connectivity index (χ2v) is 4.03. The van der Waals surface area contributed by atoms with Crippen LogP contribution in [0.25, 0.3) is 0 Å². The molecule has 0 radical (unpaired) electrons. The van der Waals surface area contributed by atoms with Crippen molar-refractivity contribution in [1.82, 2.24) is 9.88 Å². The Labute approximate surface area is 95.7 Å².